The average Bonchev–Trinajstić information content (AvgIpc) is 3.34. The quantitative estimate of drug-likeness (QED) is 0.582. The molecule has 27 heavy (non-hydrogen) atoms. The summed E-state index contributed by atoms with van der Waals surface area (Å²) in [6.07, 6.45) is 2.39. The Balaban J connectivity index is 1.39. The van der Waals surface area contributed by atoms with Gasteiger partial charge in [-0.15, -0.1) is 11.3 Å². The van der Waals surface area contributed by atoms with Crippen LogP contribution in [0.1, 0.15) is 28.1 Å². The molecule has 0 saturated carbocycles. The third kappa shape index (κ3) is 3.81. The number of nitro benzene ring substituents is 1. The van der Waals surface area contributed by atoms with E-state index in [1.165, 1.54) is 30.2 Å². The number of thiophene rings is 1. The van der Waals surface area contributed by atoms with E-state index in [4.69, 9.17) is 4.74 Å². The van der Waals surface area contributed by atoms with Gasteiger partial charge < -0.3 is 9.64 Å². The number of rotatable bonds is 5. The lowest BCUT2D eigenvalue weighted by atomic mass is 10.1. The van der Waals surface area contributed by atoms with Crippen molar-refractivity contribution in [3.05, 3.63) is 56.3 Å². The van der Waals surface area contributed by atoms with Gasteiger partial charge in [-0.05, 0) is 36.9 Å². The second-order valence-corrected chi connectivity index (χ2v) is 7.83. The maximum absolute atomic E-state index is 12.8. The Bertz CT molecular complexity index is 853. The normalized spacial score (nSPS) is 19.7. The largest absolute Gasteiger partial charge is 0.482 e. The van der Waals surface area contributed by atoms with Crippen molar-refractivity contribution in [3.63, 3.8) is 0 Å². The number of nitrogens with zero attached hydrogens (tertiary/aromatic N) is 3. The Morgan fingerprint density at radius 3 is 3.00 bits per heavy atom. The first kappa shape index (κ1) is 17.9. The van der Waals surface area contributed by atoms with Crippen molar-refractivity contribution in [1.82, 2.24) is 9.80 Å². The number of hydrogen-bond acceptors (Lipinski definition) is 6. The average molecular weight is 387 g/mol. The Morgan fingerprint density at radius 2 is 2.15 bits per heavy atom. The van der Waals surface area contributed by atoms with Crippen LogP contribution in [0.4, 0.5) is 5.69 Å². The molecule has 0 aliphatic carbocycles. The minimum absolute atomic E-state index is 0.0570. The first-order valence-corrected chi connectivity index (χ1v) is 9.97. The molecule has 1 amide bonds. The van der Waals surface area contributed by atoms with E-state index in [0.29, 0.717) is 10.9 Å². The van der Waals surface area contributed by atoms with Crippen molar-refractivity contribution in [3.8, 4) is 5.75 Å². The summed E-state index contributed by atoms with van der Waals surface area (Å²) < 4.78 is 5.61. The molecule has 142 valence electrons. The lowest BCUT2D eigenvalue weighted by Gasteiger charge is -2.37. The lowest BCUT2D eigenvalue weighted by Crippen LogP contribution is -2.51. The van der Waals surface area contributed by atoms with Crippen LogP contribution in [0.2, 0.25) is 0 Å². The van der Waals surface area contributed by atoms with E-state index >= 15 is 0 Å². The van der Waals surface area contributed by atoms with Crippen molar-refractivity contribution >= 4 is 22.9 Å². The van der Waals surface area contributed by atoms with E-state index in [1.54, 1.807) is 18.2 Å². The molecule has 7 nitrogen and oxygen atoms in total. The maximum atomic E-state index is 12.8. The zero-order valence-electron chi connectivity index (χ0n) is 14.9. The smallest absolute Gasteiger partial charge is 0.310 e. The molecule has 1 aromatic heterocycles. The third-order valence-electron chi connectivity index (χ3n) is 5.20. The molecule has 0 bridgehead atoms. The molecule has 2 fully saturated rings. The summed E-state index contributed by atoms with van der Waals surface area (Å²) >= 11 is 1.40. The molecule has 1 aromatic carbocycles. The van der Waals surface area contributed by atoms with E-state index in [9.17, 15) is 14.9 Å². The van der Waals surface area contributed by atoms with Crippen LogP contribution in [0.25, 0.3) is 0 Å². The molecule has 3 heterocycles. The highest BCUT2D eigenvalue weighted by Crippen LogP contribution is 2.28. The first-order chi connectivity index (χ1) is 13.1. The van der Waals surface area contributed by atoms with E-state index in [2.05, 4.69) is 4.90 Å². The van der Waals surface area contributed by atoms with Crippen molar-refractivity contribution < 1.29 is 14.5 Å². The maximum Gasteiger partial charge on any atom is 0.310 e. The summed E-state index contributed by atoms with van der Waals surface area (Å²) in [5.41, 5.74) is 0.791. The second-order valence-electron chi connectivity index (χ2n) is 6.92. The van der Waals surface area contributed by atoms with Crippen LogP contribution >= 0.6 is 11.3 Å². The fraction of sp³-hybridized carbons (Fsp3) is 0.421. The van der Waals surface area contributed by atoms with Crippen LogP contribution in [0.15, 0.2) is 35.7 Å². The Kier molecular flexibility index (Phi) is 5.09. The number of para-hydroxylation sites is 2. The van der Waals surface area contributed by atoms with Gasteiger partial charge in [0.05, 0.1) is 9.80 Å². The van der Waals surface area contributed by atoms with Crippen LogP contribution in [0, 0.1) is 10.1 Å². The van der Waals surface area contributed by atoms with Crippen LogP contribution in [-0.4, -0.2) is 52.9 Å². The van der Waals surface area contributed by atoms with Crippen molar-refractivity contribution in [1.29, 1.82) is 0 Å². The summed E-state index contributed by atoms with van der Waals surface area (Å²) in [7, 11) is 0. The molecule has 2 aliphatic heterocycles. The number of nitro groups is 1. The van der Waals surface area contributed by atoms with Crippen LogP contribution < -0.4 is 4.74 Å². The van der Waals surface area contributed by atoms with E-state index < -0.39 is 4.92 Å². The number of benzene rings is 1. The number of amides is 1. The van der Waals surface area contributed by atoms with Gasteiger partial charge in [0.25, 0.3) is 5.91 Å². The summed E-state index contributed by atoms with van der Waals surface area (Å²) in [4.78, 5) is 28.5. The molecule has 2 aromatic rings. The number of piperazine rings is 1. The van der Waals surface area contributed by atoms with Gasteiger partial charge in [-0.2, -0.15) is 0 Å². The molecule has 1 unspecified atom stereocenters. The fourth-order valence-electron chi connectivity index (χ4n) is 3.79. The number of carbonyl (C=O) groups excluding carboxylic acids is 1. The highest BCUT2D eigenvalue weighted by molar-refractivity contribution is 7.12. The number of fused-ring (bicyclic) bond motifs is 1. The molecule has 0 radical (unpaired) electrons. The molecular formula is C19H21N3O4S. The Hall–Kier alpha value is -2.45. The molecule has 2 aliphatic rings. The van der Waals surface area contributed by atoms with E-state index in [-0.39, 0.29) is 24.0 Å². The topological polar surface area (TPSA) is 75.9 Å². The standard InChI is InChI=1S/C19H21N3O4S/c23-19(21-9-8-20-7-3-4-15(20)11-21)18-10-14(13-27-18)12-26-17-6-2-1-5-16(17)22(24)25/h1-2,5-6,10,13,15H,3-4,7-9,11-12H2. The van der Waals surface area contributed by atoms with Gasteiger partial charge in [-0.1, -0.05) is 12.1 Å². The third-order valence-corrected chi connectivity index (χ3v) is 6.16. The highest BCUT2D eigenvalue weighted by atomic mass is 32.1. The summed E-state index contributed by atoms with van der Waals surface area (Å²) in [6.45, 7) is 3.88. The van der Waals surface area contributed by atoms with Crippen molar-refractivity contribution in [2.45, 2.75) is 25.5 Å². The number of ether oxygens (including phenoxy) is 1. The van der Waals surface area contributed by atoms with Crippen molar-refractivity contribution in [2.24, 2.45) is 0 Å². The van der Waals surface area contributed by atoms with Crippen LogP contribution in [0.5, 0.6) is 5.75 Å². The molecule has 0 N–H and O–H groups in total. The minimum Gasteiger partial charge on any atom is -0.482 e. The summed E-state index contributed by atoms with van der Waals surface area (Å²) in [5.74, 6) is 0.308. The molecule has 1 atom stereocenters. The number of hydrogen-bond donors (Lipinski definition) is 0. The van der Waals surface area contributed by atoms with Crippen molar-refractivity contribution in [2.75, 3.05) is 26.2 Å². The fourth-order valence-corrected chi connectivity index (χ4v) is 4.65. The van der Waals surface area contributed by atoms with Crippen LogP contribution in [0.3, 0.4) is 0 Å². The van der Waals surface area contributed by atoms with Gasteiger partial charge in [0, 0.05) is 37.3 Å². The van der Waals surface area contributed by atoms with E-state index in [0.717, 1.165) is 31.7 Å². The SMILES string of the molecule is O=C(c1cc(COc2ccccc2[N+](=O)[O-])cs1)N1CCN2CCCC2C1. The zero-order valence-corrected chi connectivity index (χ0v) is 15.7. The minimum atomic E-state index is -0.458. The molecular weight excluding hydrogens is 366 g/mol. The first-order valence-electron chi connectivity index (χ1n) is 9.09. The molecule has 4 rings (SSSR count). The predicted octanol–water partition coefficient (Wildman–Crippen LogP) is 3.16. The van der Waals surface area contributed by atoms with Gasteiger partial charge in [0.2, 0.25) is 0 Å². The Labute approximate surface area is 161 Å². The highest BCUT2D eigenvalue weighted by Gasteiger charge is 2.33. The van der Waals surface area contributed by atoms with Gasteiger partial charge in [0.15, 0.2) is 5.75 Å². The zero-order chi connectivity index (χ0) is 18.8. The molecule has 0 spiro atoms. The molecule has 8 heteroatoms. The summed E-state index contributed by atoms with van der Waals surface area (Å²) in [6, 6.07) is 8.65. The monoisotopic (exact) mass is 387 g/mol. The van der Waals surface area contributed by atoms with Gasteiger partial charge in [-0.25, -0.2) is 0 Å². The lowest BCUT2D eigenvalue weighted by molar-refractivity contribution is -0.385. The summed E-state index contributed by atoms with van der Waals surface area (Å²) in [5, 5.41) is 12.9. The van der Waals surface area contributed by atoms with Crippen LogP contribution in [-0.2, 0) is 6.61 Å². The van der Waals surface area contributed by atoms with Gasteiger partial charge >= 0.3 is 5.69 Å². The van der Waals surface area contributed by atoms with E-state index in [1.807, 2.05) is 16.3 Å². The van der Waals surface area contributed by atoms with Gasteiger partial charge in [-0.3, -0.25) is 19.8 Å². The predicted molar refractivity (Wildman–Crippen MR) is 102 cm³/mol. The second kappa shape index (κ2) is 7.66. The van der Waals surface area contributed by atoms with Gasteiger partial charge in [0.1, 0.15) is 6.61 Å². The molecule has 2 saturated heterocycles. The number of carbonyl (C=O) groups is 1. The Morgan fingerprint density at radius 1 is 1.30 bits per heavy atom.